The Bertz CT molecular complexity index is 400. The van der Waals surface area contributed by atoms with E-state index < -0.39 is 18.0 Å². The van der Waals surface area contributed by atoms with Gasteiger partial charge in [-0.3, -0.25) is 4.79 Å². The van der Waals surface area contributed by atoms with E-state index in [1.165, 1.54) is 18.3 Å². The predicted molar refractivity (Wildman–Crippen MR) is 55.7 cm³/mol. The predicted octanol–water partition coefficient (Wildman–Crippen LogP) is 0.791. The lowest BCUT2D eigenvalue weighted by molar-refractivity contribution is -0.125. The molecule has 0 saturated heterocycles. The first-order chi connectivity index (χ1) is 6.91. The van der Waals surface area contributed by atoms with E-state index in [-0.39, 0.29) is 0 Å². The molecule has 0 radical (unpaired) electrons. The summed E-state index contributed by atoms with van der Waals surface area (Å²) >= 11 is 1.24. The number of amides is 1. The van der Waals surface area contributed by atoms with Gasteiger partial charge in [0.15, 0.2) is 6.10 Å². The molecule has 0 aliphatic rings. The molecular weight excluding hydrogens is 216 g/mol. The number of nitrogens with two attached hydrogens (primary N) is 1. The molecule has 1 aromatic heterocycles. The van der Waals surface area contributed by atoms with Gasteiger partial charge in [0, 0.05) is 0 Å². The van der Waals surface area contributed by atoms with Gasteiger partial charge in [0.1, 0.15) is 4.88 Å². The lowest BCUT2D eigenvalue weighted by Crippen LogP contribution is -2.30. The Morgan fingerprint density at radius 1 is 1.47 bits per heavy atom. The van der Waals surface area contributed by atoms with Crippen LogP contribution in [0.4, 0.5) is 0 Å². The molecule has 6 heteroatoms. The summed E-state index contributed by atoms with van der Waals surface area (Å²) in [4.78, 5) is 26.7. The van der Waals surface area contributed by atoms with Gasteiger partial charge in [0.2, 0.25) is 0 Å². The van der Waals surface area contributed by atoms with E-state index in [0.29, 0.717) is 10.6 Å². The summed E-state index contributed by atoms with van der Waals surface area (Å²) in [5.41, 5.74) is 5.59. The molecule has 5 nitrogen and oxygen atoms in total. The number of aromatic nitrogens is 1. The number of hydrogen-bond donors (Lipinski definition) is 1. The second-order valence-electron chi connectivity index (χ2n) is 3.10. The number of rotatable bonds is 3. The van der Waals surface area contributed by atoms with Gasteiger partial charge in [0.25, 0.3) is 5.91 Å². The first kappa shape index (κ1) is 11.6. The maximum atomic E-state index is 11.5. The zero-order valence-electron chi connectivity index (χ0n) is 8.73. The lowest BCUT2D eigenvalue weighted by Gasteiger charge is -2.08. The second kappa shape index (κ2) is 4.39. The summed E-state index contributed by atoms with van der Waals surface area (Å²) in [5, 5.41) is 0.783. The number of carbonyl (C=O) groups excluding carboxylic acids is 2. The van der Waals surface area contributed by atoms with Gasteiger partial charge >= 0.3 is 5.97 Å². The van der Waals surface area contributed by atoms with E-state index in [9.17, 15) is 9.59 Å². The van der Waals surface area contributed by atoms with Crippen molar-refractivity contribution in [1.82, 2.24) is 4.98 Å². The van der Waals surface area contributed by atoms with Crippen LogP contribution in [-0.2, 0) is 9.53 Å². The third kappa shape index (κ3) is 2.76. The van der Waals surface area contributed by atoms with Crippen molar-refractivity contribution in [3.05, 3.63) is 15.6 Å². The van der Waals surface area contributed by atoms with E-state index in [2.05, 4.69) is 4.98 Å². The number of carbonyl (C=O) groups is 2. The molecule has 1 aromatic rings. The molecule has 0 saturated carbocycles. The average molecular weight is 228 g/mol. The summed E-state index contributed by atoms with van der Waals surface area (Å²) in [6.45, 7) is 4.95. The number of nitrogens with zero attached hydrogens (tertiary/aromatic N) is 1. The number of thiazole rings is 1. The molecule has 82 valence electrons. The fourth-order valence-corrected chi connectivity index (χ4v) is 1.80. The maximum Gasteiger partial charge on any atom is 0.351 e. The van der Waals surface area contributed by atoms with Crippen molar-refractivity contribution in [3.63, 3.8) is 0 Å². The molecule has 1 atom stereocenters. The van der Waals surface area contributed by atoms with Gasteiger partial charge in [-0.2, -0.15) is 0 Å². The molecule has 0 aliphatic heterocycles. The minimum atomic E-state index is -0.917. The monoisotopic (exact) mass is 228 g/mol. The first-order valence-electron chi connectivity index (χ1n) is 4.36. The lowest BCUT2D eigenvalue weighted by atomic mass is 10.3. The van der Waals surface area contributed by atoms with Gasteiger partial charge in [-0.05, 0) is 20.8 Å². The van der Waals surface area contributed by atoms with Gasteiger partial charge in [-0.1, -0.05) is 0 Å². The Labute approximate surface area is 91.3 Å². The Hall–Kier alpha value is -1.43. The van der Waals surface area contributed by atoms with Crippen molar-refractivity contribution < 1.29 is 14.3 Å². The highest BCUT2D eigenvalue weighted by molar-refractivity contribution is 7.13. The number of ether oxygens (including phenoxy) is 1. The number of hydrogen-bond acceptors (Lipinski definition) is 5. The highest BCUT2D eigenvalue weighted by atomic mass is 32.1. The molecular formula is C9H12N2O3S. The molecule has 0 bridgehead atoms. The molecule has 1 rings (SSSR count). The number of primary amides is 1. The van der Waals surface area contributed by atoms with Crippen LogP contribution in [0.25, 0.3) is 0 Å². The van der Waals surface area contributed by atoms with Crippen molar-refractivity contribution in [1.29, 1.82) is 0 Å². The summed E-state index contributed by atoms with van der Waals surface area (Å²) < 4.78 is 4.85. The second-order valence-corrected chi connectivity index (χ2v) is 4.30. The Morgan fingerprint density at radius 3 is 2.47 bits per heavy atom. The minimum Gasteiger partial charge on any atom is -0.448 e. The topological polar surface area (TPSA) is 82.3 Å². The molecule has 0 unspecified atom stereocenters. The zero-order valence-corrected chi connectivity index (χ0v) is 9.55. The zero-order chi connectivity index (χ0) is 11.6. The molecule has 15 heavy (non-hydrogen) atoms. The van der Waals surface area contributed by atoms with Crippen LogP contribution in [0.15, 0.2) is 0 Å². The third-order valence-corrected chi connectivity index (χ3v) is 2.83. The Balaban J connectivity index is 2.77. The standard InChI is InChI=1S/C9H12N2O3S/c1-4-7(15-6(3)11-4)9(13)14-5(2)8(10)12/h5H,1-3H3,(H2,10,12)/t5-/m1/s1. The SMILES string of the molecule is Cc1nc(C)c(C(=O)O[C@H](C)C(N)=O)s1. The van der Waals surface area contributed by atoms with Crippen LogP contribution in [0.1, 0.15) is 27.3 Å². The van der Waals surface area contributed by atoms with Crippen LogP contribution < -0.4 is 5.73 Å². The Morgan fingerprint density at radius 2 is 2.07 bits per heavy atom. The van der Waals surface area contributed by atoms with Gasteiger partial charge < -0.3 is 10.5 Å². The molecule has 1 amide bonds. The molecule has 1 heterocycles. The molecule has 0 spiro atoms. The minimum absolute atomic E-state index is 0.417. The smallest absolute Gasteiger partial charge is 0.351 e. The maximum absolute atomic E-state index is 11.5. The summed E-state index contributed by atoms with van der Waals surface area (Å²) in [6, 6.07) is 0. The van der Waals surface area contributed by atoms with E-state index in [1.807, 2.05) is 0 Å². The molecule has 0 fully saturated rings. The van der Waals surface area contributed by atoms with E-state index in [0.717, 1.165) is 5.01 Å². The van der Waals surface area contributed by atoms with E-state index in [4.69, 9.17) is 10.5 Å². The van der Waals surface area contributed by atoms with Crippen molar-refractivity contribution in [2.45, 2.75) is 26.9 Å². The van der Waals surface area contributed by atoms with Crippen LogP contribution in [0.3, 0.4) is 0 Å². The highest BCUT2D eigenvalue weighted by Gasteiger charge is 2.20. The van der Waals surface area contributed by atoms with E-state index in [1.54, 1.807) is 13.8 Å². The van der Waals surface area contributed by atoms with Crippen LogP contribution >= 0.6 is 11.3 Å². The third-order valence-electron chi connectivity index (χ3n) is 1.77. The van der Waals surface area contributed by atoms with Crippen molar-refractivity contribution in [2.75, 3.05) is 0 Å². The molecule has 0 aliphatic carbocycles. The molecule has 0 aromatic carbocycles. The number of esters is 1. The fraction of sp³-hybridized carbons (Fsp3) is 0.444. The normalized spacial score (nSPS) is 12.2. The summed E-state index contributed by atoms with van der Waals surface area (Å²) in [7, 11) is 0. The fourth-order valence-electron chi connectivity index (χ4n) is 0.993. The van der Waals surface area contributed by atoms with Crippen LogP contribution in [0, 0.1) is 13.8 Å². The van der Waals surface area contributed by atoms with Crippen molar-refractivity contribution in [3.8, 4) is 0 Å². The highest BCUT2D eigenvalue weighted by Crippen LogP contribution is 2.18. The van der Waals surface area contributed by atoms with Crippen LogP contribution in [0.2, 0.25) is 0 Å². The van der Waals surface area contributed by atoms with Gasteiger partial charge in [-0.25, -0.2) is 9.78 Å². The van der Waals surface area contributed by atoms with Crippen molar-refractivity contribution >= 4 is 23.2 Å². The summed E-state index contributed by atoms with van der Waals surface area (Å²) in [6.07, 6.45) is -0.917. The quantitative estimate of drug-likeness (QED) is 0.775. The van der Waals surface area contributed by atoms with E-state index >= 15 is 0 Å². The Kier molecular flexibility index (Phi) is 3.41. The van der Waals surface area contributed by atoms with Crippen molar-refractivity contribution in [2.24, 2.45) is 5.73 Å². The number of aryl methyl sites for hydroxylation is 2. The van der Waals surface area contributed by atoms with Crippen LogP contribution in [0.5, 0.6) is 0 Å². The van der Waals surface area contributed by atoms with Gasteiger partial charge in [-0.15, -0.1) is 11.3 Å². The average Bonchev–Trinajstić information content (AvgIpc) is 2.44. The largest absolute Gasteiger partial charge is 0.448 e. The molecule has 2 N–H and O–H groups in total. The van der Waals surface area contributed by atoms with Crippen LogP contribution in [-0.4, -0.2) is 23.0 Å². The first-order valence-corrected chi connectivity index (χ1v) is 5.17. The van der Waals surface area contributed by atoms with Gasteiger partial charge in [0.05, 0.1) is 10.7 Å². The summed E-state index contributed by atoms with van der Waals surface area (Å²) in [5.74, 6) is -1.22.